The molecule has 1 aliphatic heterocycles. The molecule has 0 unspecified atom stereocenters. The highest BCUT2D eigenvalue weighted by Crippen LogP contribution is 2.32. The van der Waals surface area contributed by atoms with Crippen molar-refractivity contribution in [2.45, 2.75) is 44.4 Å². The molecule has 0 aromatic heterocycles. The van der Waals surface area contributed by atoms with Crippen LogP contribution in [0.15, 0.2) is 30.3 Å². The van der Waals surface area contributed by atoms with Crippen LogP contribution < -0.4 is 0 Å². The van der Waals surface area contributed by atoms with Gasteiger partial charge in [0.15, 0.2) is 0 Å². The van der Waals surface area contributed by atoms with Crippen LogP contribution in [0, 0.1) is 5.92 Å². The van der Waals surface area contributed by atoms with E-state index < -0.39 is 0 Å². The molecule has 1 saturated carbocycles. The number of carbonyl (C=O) groups is 1. The molecule has 0 radical (unpaired) electrons. The first-order chi connectivity index (χ1) is 11.8. The van der Waals surface area contributed by atoms with Crippen LogP contribution >= 0.6 is 0 Å². The van der Waals surface area contributed by atoms with Crippen molar-refractivity contribution in [2.75, 3.05) is 26.4 Å². The molecule has 1 N–H and O–H groups in total. The van der Waals surface area contributed by atoms with Gasteiger partial charge in [0.25, 0.3) is 0 Å². The maximum absolute atomic E-state index is 12.6. The standard InChI is InChI=1S/C19H27NO4/c21-18-8-4-7-16(18)17-14-24-12-10-20(17)19(22)9-11-23-13-15-5-2-1-3-6-15/h1-3,5-6,16-18,21H,4,7-14H2/t16-,17+,18+/m0/s1. The molecule has 0 bridgehead atoms. The normalized spacial score (nSPS) is 27.4. The Morgan fingerprint density at radius 3 is 2.88 bits per heavy atom. The summed E-state index contributed by atoms with van der Waals surface area (Å²) in [5.41, 5.74) is 1.11. The zero-order valence-corrected chi connectivity index (χ0v) is 14.1. The van der Waals surface area contributed by atoms with E-state index in [1.54, 1.807) is 0 Å². The van der Waals surface area contributed by atoms with Crippen LogP contribution in [0.25, 0.3) is 0 Å². The summed E-state index contributed by atoms with van der Waals surface area (Å²) in [4.78, 5) is 14.5. The van der Waals surface area contributed by atoms with Crippen molar-refractivity contribution >= 4 is 5.91 Å². The van der Waals surface area contributed by atoms with Crippen molar-refractivity contribution in [3.8, 4) is 0 Å². The predicted octanol–water partition coefficient (Wildman–Crippen LogP) is 1.98. The van der Waals surface area contributed by atoms with Gasteiger partial charge in [-0.1, -0.05) is 36.8 Å². The molecule has 132 valence electrons. The number of amides is 1. The molecule has 1 aliphatic carbocycles. The highest BCUT2D eigenvalue weighted by Gasteiger charge is 2.39. The summed E-state index contributed by atoms with van der Waals surface area (Å²) in [5.74, 6) is 0.259. The topological polar surface area (TPSA) is 59.0 Å². The van der Waals surface area contributed by atoms with Gasteiger partial charge in [-0.3, -0.25) is 4.79 Å². The van der Waals surface area contributed by atoms with Crippen LogP contribution in [0.3, 0.4) is 0 Å². The fraction of sp³-hybridized carbons (Fsp3) is 0.632. The van der Waals surface area contributed by atoms with Gasteiger partial charge in [-0.2, -0.15) is 0 Å². The molecule has 5 nitrogen and oxygen atoms in total. The molecule has 3 atom stereocenters. The van der Waals surface area contributed by atoms with Gasteiger partial charge in [0, 0.05) is 12.5 Å². The maximum Gasteiger partial charge on any atom is 0.225 e. The van der Waals surface area contributed by atoms with E-state index >= 15 is 0 Å². The minimum absolute atomic E-state index is 0.0119. The van der Waals surface area contributed by atoms with Crippen LogP contribution in [0.5, 0.6) is 0 Å². The van der Waals surface area contributed by atoms with E-state index in [4.69, 9.17) is 9.47 Å². The third-order valence-electron chi connectivity index (χ3n) is 5.08. The number of morpholine rings is 1. The lowest BCUT2D eigenvalue weighted by atomic mass is 9.94. The Kier molecular flexibility index (Phi) is 6.24. The zero-order chi connectivity index (χ0) is 16.8. The van der Waals surface area contributed by atoms with Crippen LogP contribution in [0.1, 0.15) is 31.2 Å². The molecule has 2 fully saturated rings. The van der Waals surface area contributed by atoms with Crippen molar-refractivity contribution in [1.29, 1.82) is 0 Å². The third kappa shape index (κ3) is 4.35. The SMILES string of the molecule is O=C(CCOCc1ccccc1)N1CCOC[C@@H]1[C@@H]1CCC[C@H]1O. The number of carbonyl (C=O) groups excluding carboxylic acids is 1. The van der Waals surface area contributed by atoms with Crippen molar-refractivity contribution in [3.05, 3.63) is 35.9 Å². The highest BCUT2D eigenvalue weighted by molar-refractivity contribution is 5.76. The largest absolute Gasteiger partial charge is 0.393 e. The summed E-state index contributed by atoms with van der Waals surface area (Å²) in [6, 6.07) is 9.98. The second kappa shape index (κ2) is 8.60. The van der Waals surface area contributed by atoms with Crippen molar-refractivity contribution in [2.24, 2.45) is 5.92 Å². The first kappa shape index (κ1) is 17.4. The Labute approximate surface area is 143 Å². The molecular formula is C19H27NO4. The van der Waals surface area contributed by atoms with Crippen molar-refractivity contribution < 1.29 is 19.4 Å². The van der Waals surface area contributed by atoms with Crippen LogP contribution in [0.4, 0.5) is 0 Å². The van der Waals surface area contributed by atoms with E-state index in [1.807, 2.05) is 35.2 Å². The van der Waals surface area contributed by atoms with E-state index in [0.29, 0.717) is 39.4 Å². The molecule has 1 aromatic rings. The molecule has 3 rings (SSSR count). The quantitative estimate of drug-likeness (QED) is 0.809. The summed E-state index contributed by atoms with van der Waals surface area (Å²) in [6.07, 6.45) is 2.92. The van der Waals surface area contributed by atoms with Crippen LogP contribution in [-0.2, 0) is 20.9 Å². The summed E-state index contributed by atoms with van der Waals surface area (Å²) < 4.78 is 11.2. The molecule has 24 heavy (non-hydrogen) atoms. The fourth-order valence-electron chi connectivity index (χ4n) is 3.77. The minimum atomic E-state index is -0.304. The average Bonchev–Trinajstić information content (AvgIpc) is 3.05. The Bertz CT molecular complexity index is 521. The number of benzene rings is 1. The number of rotatable bonds is 6. The first-order valence-electron chi connectivity index (χ1n) is 8.92. The molecule has 2 aliphatic rings. The molecule has 1 amide bonds. The number of aliphatic hydroxyl groups is 1. The van der Waals surface area contributed by atoms with Gasteiger partial charge in [-0.15, -0.1) is 0 Å². The van der Waals surface area contributed by atoms with Gasteiger partial charge in [0.1, 0.15) is 0 Å². The summed E-state index contributed by atoms with van der Waals surface area (Å²) in [5, 5.41) is 10.2. The maximum atomic E-state index is 12.6. The Balaban J connectivity index is 1.47. The summed E-state index contributed by atoms with van der Waals surface area (Å²) in [7, 11) is 0. The molecule has 1 saturated heterocycles. The number of hydrogen-bond acceptors (Lipinski definition) is 4. The zero-order valence-electron chi connectivity index (χ0n) is 14.1. The predicted molar refractivity (Wildman–Crippen MR) is 90.4 cm³/mol. The Morgan fingerprint density at radius 1 is 1.29 bits per heavy atom. The molecule has 5 heteroatoms. The van der Waals surface area contributed by atoms with Gasteiger partial charge in [-0.25, -0.2) is 0 Å². The summed E-state index contributed by atoms with van der Waals surface area (Å²) in [6.45, 7) is 2.69. The van der Waals surface area contributed by atoms with Gasteiger partial charge < -0.3 is 19.5 Å². The second-order valence-electron chi connectivity index (χ2n) is 6.68. The lowest BCUT2D eigenvalue weighted by Gasteiger charge is -2.40. The van der Waals surface area contributed by atoms with Gasteiger partial charge in [0.2, 0.25) is 5.91 Å². The van der Waals surface area contributed by atoms with Crippen molar-refractivity contribution in [1.82, 2.24) is 4.90 Å². The average molecular weight is 333 g/mol. The van der Waals surface area contributed by atoms with E-state index in [9.17, 15) is 9.90 Å². The van der Waals surface area contributed by atoms with E-state index in [1.165, 1.54) is 0 Å². The highest BCUT2D eigenvalue weighted by atomic mass is 16.5. The van der Waals surface area contributed by atoms with Crippen molar-refractivity contribution in [3.63, 3.8) is 0 Å². The number of nitrogens with zero attached hydrogens (tertiary/aromatic N) is 1. The third-order valence-corrected chi connectivity index (χ3v) is 5.08. The number of ether oxygens (including phenoxy) is 2. The Morgan fingerprint density at radius 2 is 2.12 bits per heavy atom. The van der Waals surface area contributed by atoms with Crippen LogP contribution in [0.2, 0.25) is 0 Å². The lowest BCUT2D eigenvalue weighted by Crippen LogP contribution is -2.53. The molecule has 1 heterocycles. The molecule has 1 aromatic carbocycles. The Hall–Kier alpha value is -1.43. The molecule has 0 spiro atoms. The second-order valence-corrected chi connectivity index (χ2v) is 6.68. The van der Waals surface area contributed by atoms with Gasteiger partial charge in [-0.05, 0) is 18.4 Å². The minimum Gasteiger partial charge on any atom is -0.393 e. The summed E-state index contributed by atoms with van der Waals surface area (Å²) >= 11 is 0. The smallest absolute Gasteiger partial charge is 0.225 e. The monoisotopic (exact) mass is 333 g/mol. The fourth-order valence-corrected chi connectivity index (χ4v) is 3.77. The van der Waals surface area contributed by atoms with Gasteiger partial charge in [0.05, 0.1) is 45.0 Å². The van der Waals surface area contributed by atoms with E-state index in [-0.39, 0.29) is 24.0 Å². The lowest BCUT2D eigenvalue weighted by molar-refractivity contribution is -0.145. The first-order valence-corrected chi connectivity index (χ1v) is 8.92. The number of aliphatic hydroxyl groups excluding tert-OH is 1. The van der Waals surface area contributed by atoms with Crippen LogP contribution in [-0.4, -0.2) is 54.4 Å². The van der Waals surface area contributed by atoms with E-state index in [0.717, 1.165) is 24.8 Å². The molecular weight excluding hydrogens is 306 g/mol. The van der Waals surface area contributed by atoms with Gasteiger partial charge >= 0.3 is 0 Å². The number of hydrogen-bond donors (Lipinski definition) is 1. The van der Waals surface area contributed by atoms with E-state index in [2.05, 4.69) is 0 Å².